The van der Waals surface area contributed by atoms with Crippen molar-refractivity contribution in [2.45, 2.75) is 11.8 Å². The van der Waals surface area contributed by atoms with Crippen LogP contribution in [0.1, 0.15) is 12.5 Å². The molecule has 6 nitrogen and oxygen atoms in total. The number of hydrogen-bond donors (Lipinski definition) is 0. The Morgan fingerprint density at radius 3 is 2.67 bits per heavy atom. The van der Waals surface area contributed by atoms with Crippen molar-refractivity contribution in [3.05, 3.63) is 28.8 Å². The highest BCUT2D eigenvalue weighted by Crippen LogP contribution is 2.23. The molecule has 114 valence electrons. The van der Waals surface area contributed by atoms with Crippen LogP contribution in [0.4, 0.5) is 0 Å². The molecular weight excluding hydrogens is 316 g/mol. The number of hydrogen-bond acceptors (Lipinski definition) is 5. The monoisotopic (exact) mass is 330 g/mol. The van der Waals surface area contributed by atoms with Crippen LogP contribution in [0.15, 0.2) is 23.1 Å². The van der Waals surface area contributed by atoms with Crippen molar-refractivity contribution >= 4 is 27.6 Å². The molecule has 0 amide bonds. The fourth-order valence-electron chi connectivity index (χ4n) is 1.73. The number of benzene rings is 1. The predicted octanol–water partition coefficient (Wildman–Crippen LogP) is 1.64. The van der Waals surface area contributed by atoms with E-state index in [4.69, 9.17) is 16.9 Å². The van der Waals surface area contributed by atoms with E-state index in [1.165, 1.54) is 32.4 Å². The molecule has 1 aromatic carbocycles. The minimum absolute atomic E-state index is 0.00280. The molecule has 0 aromatic heterocycles. The minimum atomic E-state index is -3.92. The average Bonchev–Trinajstić information content (AvgIpc) is 2.45. The molecular formula is C13H15ClN2O4S. The third kappa shape index (κ3) is 3.94. The lowest BCUT2D eigenvalue weighted by atomic mass is 10.2. The van der Waals surface area contributed by atoms with Crippen LogP contribution < -0.4 is 0 Å². The Bertz CT molecular complexity index is 682. The molecule has 1 rings (SSSR count). The predicted molar refractivity (Wildman–Crippen MR) is 77.2 cm³/mol. The summed E-state index contributed by atoms with van der Waals surface area (Å²) in [6.07, 6.45) is 0. The normalized spacial score (nSPS) is 12.8. The summed E-state index contributed by atoms with van der Waals surface area (Å²) in [4.78, 5) is 11.2. The molecule has 0 N–H and O–H groups in total. The second-order valence-electron chi connectivity index (χ2n) is 4.46. The molecule has 0 bridgehead atoms. The van der Waals surface area contributed by atoms with Crippen molar-refractivity contribution in [2.75, 3.05) is 20.7 Å². The number of rotatable bonds is 5. The molecule has 0 aliphatic carbocycles. The third-order valence-corrected chi connectivity index (χ3v) is 4.99. The van der Waals surface area contributed by atoms with Gasteiger partial charge in [0.15, 0.2) is 0 Å². The summed E-state index contributed by atoms with van der Waals surface area (Å²) in [6, 6.07) is 5.81. The summed E-state index contributed by atoms with van der Waals surface area (Å²) in [6.45, 7) is 1.49. The van der Waals surface area contributed by atoms with Crippen LogP contribution in [-0.2, 0) is 19.6 Å². The first-order valence-corrected chi connectivity index (χ1v) is 7.79. The summed E-state index contributed by atoms with van der Waals surface area (Å²) in [5.74, 6) is -1.14. The van der Waals surface area contributed by atoms with Gasteiger partial charge in [-0.15, -0.1) is 0 Å². The van der Waals surface area contributed by atoms with E-state index in [1.54, 1.807) is 6.92 Å². The van der Waals surface area contributed by atoms with Crippen molar-refractivity contribution in [3.63, 3.8) is 0 Å². The molecule has 0 fully saturated rings. The Morgan fingerprint density at radius 1 is 1.52 bits per heavy atom. The fraction of sp³-hybridized carbons (Fsp3) is 0.385. The lowest BCUT2D eigenvalue weighted by Gasteiger charge is -2.20. The Labute approximate surface area is 128 Å². The minimum Gasteiger partial charge on any atom is -0.469 e. The summed E-state index contributed by atoms with van der Waals surface area (Å²) in [5, 5.41) is 9.22. The number of esters is 1. The van der Waals surface area contributed by atoms with Gasteiger partial charge >= 0.3 is 5.97 Å². The maximum atomic E-state index is 12.5. The standard InChI is InChI=1S/C13H15ClN2O4S/c1-9(13(17)20-3)8-16(2)21(18,19)12-6-11(14)5-4-10(12)7-15/h4-6,9H,8H2,1-3H3. The van der Waals surface area contributed by atoms with Gasteiger partial charge < -0.3 is 4.74 Å². The van der Waals surface area contributed by atoms with E-state index in [2.05, 4.69) is 4.74 Å². The summed E-state index contributed by atoms with van der Waals surface area (Å²) in [5.41, 5.74) is -0.00280. The van der Waals surface area contributed by atoms with Gasteiger partial charge in [-0.25, -0.2) is 12.7 Å². The van der Waals surface area contributed by atoms with Crippen molar-refractivity contribution in [3.8, 4) is 6.07 Å². The molecule has 0 radical (unpaired) electrons. The summed E-state index contributed by atoms with van der Waals surface area (Å²) in [7, 11) is -1.36. The van der Waals surface area contributed by atoms with Crippen molar-refractivity contribution in [1.82, 2.24) is 4.31 Å². The Morgan fingerprint density at radius 2 is 2.14 bits per heavy atom. The topological polar surface area (TPSA) is 87.5 Å². The van der Waals surface area contributed by atoms with Crippen LogP contribution >= 0.6 is 11.6 Å². The molecule has 8 heteroatoms. The maximum Gasteiger partial charge on any atom is 0.309 e. The first-order chi connectivity index (χ1) is 9.73. The van der Waals surface area contributed by atoms with Crippen LogP contribution in [-0.4, -0.2) is 39.4 Å². The molecule has 0 aliphatic rings. The van der Waals surface area contributed by atoms with Gasteiger partial charge in [0.1, 0.15) is 11.0 Å². The number of nitriles is 1. The number of sulfonamides is 1. The second kappa shape index (κ2) is 6.89. The van der Waals surface area contributed by atoms with E-state index in [0.29, 0.717) is 0 Å². The fourth-order valence-corrected chi connectivity index (χ4v) is 3.39. The summed E-state index contributed by atoms with van der Waals surface area (Å²) < 4.78 is 30.5. The lowest BCUT2D eigenvalue weighted by molar-refractivity contribution is -0.144. The highest BCUT2D eigenvalue weighted by molar-refractivity contribution is 7.89. The van der Waals surface area contributed by atoms with E-state index in [9.17, 15) is 13.2 Å². The molecule has 1 atom stereocenters. The number of carbonyl (C=O) groups is 1. The summed E-state index contributed by atoms with van der Waals surface area (Å²) >= 11 is 5.80. The van der Waals surface area contributed by atoms with Gasteiger partial charge in [0, 0.05) is 18.6 Å². The quantitative estimate of drug-likeness (QED) is 0.766. The zero-order valence-electron chi connectivity index (χ0n) is 11.8. The number of halogens is 1. The van der Waals surface area contributed by atoms with Crippen molar-refractivity contribution in [2.24, 2.45) is 5.92 Å². The van der Waals surface area contributed by atoms with Gasteiger partial charge in [-0.1, -0.05) is 18.5 Å². The zero-order valence-corrected chi connectivity index (χ0v) is 13.4. The molecule has 0 spiro atoms. The first-order valence-electron chi connectivity index (χ1n) is 5.97. The number of nitrogens with zero attached hydrogens (tertiary/aromatic N) is 2. The van der Waals surface area contributed by atoms with E-state index in [0.717, 1.165) is 4.31 Å². The highest BCUT2D eigenvalue weighted by Gasteiger charge is 2.27. The van der Waals surface area contributed by atoms with Gasteiger partial charge in [-0.05, 0) is 18.2 Å². The first kappa shape index (κ1) is 17.4. The molecule has 0 aliphatic heterocycles. The molecule has 21 heavy (non-hydrogen) atoms. The molecule has 0 saturated heterocycles. The van der Waals surface area contributed by atoms with Crippen LogP contribution in [0.5, 0.6) is 0 Å². The van der Waals surface area contributed by atoms with Gasteiger partial charge in [0.2, 0.25) is 10.0 Å². The van der Waals surface area contributed by atoms with E-state index < -0.39 is 21.9 Å². The van der Waals surface area contributed by atoms with Crippen LogP contribution in [0, 0.1) is 17.2 Å². The van der Waals surface area contributed by atoms with Gasteiger partial charge in [0.05, 0.1) is 18.6 Å². The van der Waals surface area contributed by atoms with E-state index >= 15 is 0 Å². The number of methoxy groups -OCH3 is 1. The molecule has 0 saturated carbocycles. The Hall–Kier alpha value is -1.62. The number of ether oxygens (including phenoxy) is 1. The largest absolute Gasteiger partial charge is 0.469 e. The molecule has 1 aromatic rings. The van der Waals surface area contributed by atoms with Crippen LogP contribution in [0.3, 0.4) is 0 Å². The molecule has 0 heterocycles. The van der Waals surface area contributed by atoms with Gasteiger partial charge in [0.25, 0.3) is 0 Å². The van der Waals surface area contributed by atoms with Gasteiger partial charge in [-0.2, -0.15) is 5.26 Å². The zero-order chi connectivity index (χ0) is 16.2. The molecule has 1 unspecified atom stereocenters. The Kier molecular flexibility index (Phi) is 5.72. The second-order valence-corrected chi connectivity index (χ2v) is 6.91. The van der Waals surface area contributed by atoms with E-state index in [1.807, 2.05) is 6.07 Å². The van der Waals surface area contributed by atoms with Crippen LogP contribution in [0.25, 0.3) is 0 Å². The average molecular weight is 331 g/mol. The Balaban J connectivity index is 3.14. The third-order valence-electron chi connectivity index (χ3n) is 2.89. The van der Waals surface area contributed by atoms with Crippen LogP contribution in [0.2, 0.25) is 5.02 Å². The lowest BCUT2D eigenvalue weighted by Crippen LogP contribution is -2.34. The van der Waals surface area contributed by atoms with Crippen molar-refractivity contribution in [1.29, 1.82) is 5.26 Å². The highest BCUT2D eigenvalue weighted by atomic mass is 35.5. The number of carbonyl (C=O) groups excluding carboxylic acids is 1. The van der Waals surface area contributed by atoms with Crippen molar-refractivity contribution < 1.29 is 17.9 Å². The van der Waals surface area contributed by atoms with E-state index in [-0.39, 0.29) is 22.0 Å². The maximum absolute atomic E-state index is 12.5. The smallest absolute Gasteiger partial charge is 0.309 e. The van der Waals surface area contributed by atoms with Gasteiger partial charge in [-0.3, -0.25) is 4.79 Å². The SMILES string of the molecule is COC(=O)C(C)CN(C)S(=O)(=O)c1cc(Cl)ccc1C#N.